The van der Waals surface area contributed by atoms with E-state index in [1.807, 2.05) is 49.4 Å². The van der Waals surface area contributed by atoms with Gasteiger partial charge < -0.3 is 15.0 Å². The Hall–Kier alpha value is -3.08. The Bertz CT molecular complexity index is 863. The Morgan fingerprint density at radius 3 is 2.55 bits per heavy atom. The molecule has 0 aromatic heterocycles. The highest BCUT2D eigenvalue weighted by molar-refractivity contribution is 5.99. The van der Waals surface area contributed by atoms with Crippen LogP contribution < -0.4 is 10.1 Å². The average Bonchev–Trinajstić information content (AvgIpc) is 2.74. The highest BCUT2D eigenvalue weighted by atomic mass is 16.5. The molecule has 0 bridgehead atoms. The predicted octanol–water partition coefficient (Wildman–Crippen LogP) is 3.60. The van der Waals surface area contributed by atoms with E-state index in [1.165, 1.54) is 4.90 Å². The van der Waals surface area contributed by atoms with Crippen molar-refractivity contribution >= 4 is 11.8 Å². The lowest BCUT2D eigenvalue weighted by atomic mass is 10.0. The maximum Gasteiger partial charge on any atom is 0.258 e. The lowest BCUT2D eigenvalue weighted by Crippen LogP contribution is -2.49. The molecule has 0 aliphatic carbocycles. The van der Waals surface area contributed by atoms with E-state index in [4.69, 9.17) is 4.74 Å². The number of rotatable bonds is 2. The van der Waals surface area contributed by atoms with Crippen molar-refractivity contribution in [2.24, 2.45) is 0 Å². The molecule has 1 N–H and O–H groups in total. The van der Waals surface area contributed by atoms with Gasteiger partial charge in [0.2, 0.25) is 5.91 Å². The van der Waals surface area contributed by atoms with Crippen molar-refractivity contribution in [1.82, 2.24) is 10.2 Å². The number of likely N-dealkylation sites (N-methyl/N-ethyl adjacent to an activating group) is 1. The van der Waals surface area contributed by atoms with E-state index in [0.717, 1.165) is 18.4 Å². The summed E-state index contributed by atoms with van der Waals surface area (Å²) in [5, 5.41) is 2.98. The van der Waals surface area contributed by atoms with E-state index in [1.54, 1.807) is 19.2 Å². The first-order chi connectivity index (χ1) is 14.1. The Balaban J connectivity index is 1.94. The zero-order valence-electron chi connectivity index (χ0n) is 17.0. The fourth-order valence-electron chi connectivity index (χ4n) is 3.39. The van der Waals surface area contributed by atoms with Gasteiger partial charge in [-0.25, -0.2) is 0 Å². The number of carbonyl (C=O) groups excluding carboxylic acids is 2. The molecule has 2 aromatic rings. The van der Waals surface area contributed by atoms with Crippen molar-refractivity contribution in [3.63, 3.8) is 0 Å². The van der Waals surface area contributed by atoms with Gasteiger partial charge in [-0.1, -0.05) is 54.6 Å². The van der Waals surface area contributed by atoms with E-state index < -0.39 is 6.04 Å². The molecule has 152 valence electrons. The SMILES string of the molecule is C[C@H]1C/C=C\CCNC(=O)[C@@H](Cc2ccccc2)N(C)C(=O)c2ccccc2O1. The van der Waals surface area contributed by atoms with E-state index in [0.29, 0.717) is 24.3 Å². The Kier molecular flexibility index (Phi) is 7.06. The van der Waals surface area contributed by atoms with Gasteiger partial charge in [0.15, 0.2) is 0 Å². The minimum absolute atomic E-state index is 0.0526. The number of benzene rings is 2. The molecule has 2 aromatic carbocycles. The summed E-state index contributed by atoms with van der Waals surface area (Å²) < 4.78 is 6.04. The molecule has 0 radical (unpaired) electrons. The van der Waals surface area contributed by atoms with Gasteiger partial charge >= 0.3 is 0 Å². The van der Waals surface area contributed by atoms with Gasteiger partial charge in [0.1, 0.15) is 11.8 Å². The van der Waals surface area contributed by atoms with E-state index >= 15 is 0 Å². The maximum atomic E-state index is 13.3. The summed E-state index contributed by atoms with van der Waals surface area (Å²) in [5.41, 5.74) is 1.47. The van der Waals surface area contributed by atoms with Gasteiger partial charge in [0.25, 0.3) is 5.91 Å². The van der Waals surface area contributed by atoms with Crippen molar-refractivity contribution in [3.05, 3.63) is 77.9 Å². The third kappa shape index (κ3) is 5.47. The molecule has 2 amide bonds. The third-order valence-electron chi connectivity index (χ3n) is 5.05. The van der Waals surface area contributed by atoms with Crippen molar-refractivity contribution in [2.45, 2.75) is 38.3 Å². The summed E-state index contributed by atoms with van der Waals surface area (Å²) >= 11 is 0. The molecule has 0 saturated carbocycles. The van der Waals surface area contributed by atoms with E-state index in [9.17, 15) is 9.59 Å². The molecule has 1 aliphatic heterocycles. The summed E-state index contributed by atoms with van der Waals surface area (Å²) in [5.74, 6) is 0.166. The van der Waals surface area contributed by atoms with Crippen LogP contribution in [0.4, 0.5) is 0 Å². The molecule has 5 nitrogen and oxygen atoms in total. The molecule has 0 saturated heterocycles. The van der Waals surface area contributed by atoms with Crippen LogP contribution in [0.1, 0.15) is 35.7 Å². The van der Waals surface area contributed by atoms with E-state index in [2.05, 4.69) is 17.5 Å². The number of carbonyl (C=O) groups is 2. The number of nitrogens with zero attached hydrogens (tertiary/aromatic N) is 1. The first kappa shape index (κ1) is 20.6. The largest absolute Gasteiger partial charge is 0.490 e. The fourth-order valence-corrected chi connectivity index (χ4v) is 3.39. The first-order valence-corrected chi connectivity index (χ1v) is 10.1. The zero-order valence-corrected chi connectivity index (χ0v) is 17.0. The second kappa shape index (κ2) is 9.92. The average molecular weight is 392 g/mol. The number of hydrogen-bond acceptors (Lipinski definition) is 3. The van der Waals surface area contributed by atoms with E-state index in [-0.39, 0.29) is 17.9 Å². The standard InChI is InChI=1S/C24H28N2O3/c1-18-11-5-4-10-16-25-23(27)21(17-19-12-6-3-7-13-19)26(2)24(28)20-14-8-9-15-22(20)29-18/h3-9,12-15,18,21H,10-11,16-17H2,1-2H3,(H,25,27)/b5-4-/t18-,21+/m0/s1. The monoisotopic (exact) mass is 392 g/mol. The molecule has 0 unspecified atom stereocenters. The molecule has 3 rings (SSSR count). The fraction of sp³-hybridized carbons (Fsp3) is 0.333. The number of para-hydroxylation sites is 1. The van der Waals surface area contributed by atoms with Crippen LogP contribution in [0.2, 0.25) is 0 Å². The highest BCUT2D eigenvalue weighted by Gasteiger charge is 2.29. The molecule has 29 heavy (non-hydrogen) atoms. The molecular formula is C24H28N2O3. The number of fused-ring (bicyclic) bond motifs is 1. The van der Waals surface area contributed by atoms with Gasteiger partial charge in [-0.15, -0.1) is 0 Å². The number of amides is 2. The van der Waals surface area contributed by atoms with Gasteiger partial charge in [-0.3, -0.25) is 9.59 Å². The maximum absolute atomic E-state index is 13.3. The molecule has 5 heteroatoms. The van der Waals surface area contributed by atoms with Gasteiger partial charge in [-0.05, 0) is 31.0 Å². The Morgan fingerprint density at radius 2 is 1.76 bits per heavy atom. The summed E-state index contributed by atoms with van der Waals surface area (Å²) in [6.07, 6.45) is 5.99. The van der Waals surface area contributed by atoms with Crippen molar-refractivity contribution < 1.29 is 14.3 Å². The summed E-state index contributed by atoms with van der Waals surface area (Å²) in [6.45, 7) is 2.52. The lowest BCUT2D eigenvalue weighted by Gasteiger charge is -2.28. The highest BCUT2D eigenvalue weighted by Crippen LogP contribution is 2.23. The molecular weight excluding hydrogens is 364 g/mol. The van der Waals surface area contributed by atoms with Crippen molar-refractivity contribution in [2.75, 3.05) is 13.6 Å². The van der Waals surface area contributed by atoms with Gasteiger partial charge in [0, 0.05) is 26.4 Å². The van der Waals surface area contributed by atoms with Crippen LogP contribution >= 0.6 is 0 Å². The third-order valence-corrected chi connectivity index (χ3v) is 5.05. The van der Waals surface area contributed by atoms with Crippen LogP contribution in [-0.2, 0) is 11.2 Å². The molecule has 2 atom stereocenters. The Labute approximate surface area is 172 Å². The van der Waals surface area contributed by atoms with Crippen molar-refractivity contribution in [1.29, 1.82) is 0 Å². The second-order valence-corrected chi connectivity index (χ2v) is 7.33. The number of hydrogen-bond donors (Lipinski definition) is 1. The van der Waals surface area contributed by atoms with Crippen molar-refractivity contribution in [3.8, 4) is 5.75 Å². The first-order valence-electron chi connectivity index (χ1n) is 10.1. The minimum atomic E-state index is -0.609. The normalized spacial score (nSPS) is 22.1. The second-order valence-electron chi connectivity index (χ2n) is 7.33. The van der Waals surface area contributed by atoms with Gasteiger partial charge in [-0.2, -0.15) is 0 Å². The van der Waals surface area contributed by atoms with Crippen LogP contribution in [0.5, 0.6) is 5.75 Å². The summed E-state index contributed by atoms with van der Waals surface area (Å²) in [6, 6.07) is 16.4. The summed E-state index contributed by atoms with van der Waals surface area (Å²) in [7, 11) is 1.68. The lowest BCUT2D eigenvalue weighted by molar-refractivity contribution is -0.125. The van der Waals surface area contributed by atoms with Crippen LogP contribution in [0.15, 0.2) is 66.7 Å². The Morgan fingerprint density at radius 1 is 1.03 bits per heavy atom. The van der Waals surface area contributed by atoms with Crippen LogP contribution in [0.25, 0.3) is 0 Å². The van der Waals surface area contributed by atoms with Crippen LogP contribution in [-0.4, -0.2) is 42.5 Å². The molecule has 1 aliphatic rings. The molecule has 1 heterocycles. The number of nitrogens with one attached hydrogen (secondary N) is 1. The summed E-state index contributed by atoms with van der Waals surface area (Å²) in [4.78, 5) is 27.8. The van der Waals surface area contributed by atoms with Crippen LogP contribution in [0.3, 0.4) is 0 Å². The zero-order chi connectivity index (χ0) is 20.6. The molecule has 0 fully saturated rings. The predicted molar refractivity (Wildman–Crippen MR) is 114 cm³/mol. The number of ether oxygens (including phenoxy) is 1. The minimum Gasteiger partial charge on any atom is -0.490 e. The van der Waals surface area contributed by atoms with Gasteiger partial charge in [0.05, 0.1) is 11.7 Å². The molecule has 0 spiro atoms. The smallest absolute Gasteiger partial charge is 0.258 e. The quantitative estimate of drug-likeness (QED) is 0.795. The topological polar surface area (TPSA) is 58.6 Å². The van der Waals surface area contributed by atoms with Crippen LogP contribution in [0, 0.1) is 0 Å².